The SMILES string of the molecule is CCN(CC)S(=O)(=O)N1CCCC1c1nc(C)ncc1C(=O)NC1CCCCC1. The van der Waals surface area contributed by atoms with Gasteiger partial charge in [-0.05, 0) is 32.6 Å². The second kappa shape index (κ2) is 9.49. The maximum atomic E-state index is 13.2. The molecule has 0 bridgehead atoms. The third kappa shape index (κ3) is 4.78. The van der Waals surface area contributed by atoms with Crippen molar-refractivity contribution in [2.75, 3.05) is 19.6 Å². The summed E-state index contributed by atoms with van der Waals surface area (Å²) >= 11 is 0. The summed E-state index contributed by atoms with van der Waals surface area (Å²) in [6.07, 6.45) is 8.39. The van der Waals surface area contributed by atoms with Crippen molar-refractivity contribution in [2.45, 2.75) is 77.8 Å². The normalized spacial score (nSPS) is 21.6. The zero-order valence-electron chi connectivity index (χ0n) is 17.7. The van der Waals surface area contributed by atoms with Crippen LogP contribution in [0.5, 0.6) is 0 Å². The Balaban J connectivity index is 1.90. The molecule has 9 heteroatoms. The van der Waals surface area contributed by atoms with Crippen molar-refractivity contribution in [3.05, 3.63) is 23.3 Å². The molecule has 2 aliphatic rings. The van der Waals surface area contributed by atoms with Crippen LogP contribution in [0.15, 0.2) is 6.20 Å². The molecule has 1 atom stereocenters. The predicted octanol–water partition coefficient (Wildman–Crippen LogP) is 2.57. The second-order valence-electron chi connectivity index (χ2n) is 7.89. The van der Waals surface area contributed by atoms with Crippen LogP contribution in [0.4, 0.5) is 0 Å². The number of aryl methyl sites for hydroxylation is 1. The minimum Gasteiger partial charge on any atom is -0.349 e. The molecule has 1 saturated heterocycles. The van der Waals surface area contributed by atoms with Crippen molar-refractivity contribution in [1.82, 2.24) is 23.9 Å². The molecule has 1 aromatic heterocycles. The minimum absolute atomic E-state index is 0.171. The lowest BCUT2D eigenvalue weighted by Crippen LogP contribution is -2.44. The van der Waals surface area contributed by atoms with Gasteiger partial charge in [-0.3, -0.25) is 4.79 Å². The molecule has 1 unspecified atom stereocenters. The number of nitrogens with one attached hydrogen (secondary N) is 1. The van der Waals surface area contributed by atoms with Gasteiger partial charge in [0.15, 0.2) is 0 Å². The Hall–Kier alpha value is -1.58. The Bertz CT molecular complexity index is 819. The van der Waals surface area contributed by atoms with Crippen molar-refractivity contribution in [3.8, 4) is 0 Å². The van der Waals surface area contributed by atoms with Crippen LogP contribution in [0, 0.1) is 6.92 Å². The minimum atomic E-state index is -3.61. The van der Waals surface area contributed by atoms with Crippen molar-refractivity contribution in [1.29, 1.82) is 0 Å². The van der Waals surface area contributed by atoms with Crippen LogP contribution in [-0.2, 0) is 10.2 Å². The number of hydrogen-bond donors (Lipinski definition) is 1. The topological polar surface area (TPSA) is 95.5 Å². The van der Waals surface area contributed by atoms with Gasteiger partial charge in [0.2, 0.25) is 0 Å². The highest BCUT2D eigenvalue weighted by Gasteiger charge is 2.40. The lowest BCUT2D eigenvalue weighted by molar-refractivity contribution is 0.0924. The fourth-order valence-electron chi connectivity index (χ4n) is 4.41. The largest absolute Gasteiger partial charge is 0.349 e. The number of nitrogens with zero attached hydrogens (tertiary/aromatic N) is 4. The predicted molar refractivity (Wildman–Crippen MR) is 112 cm³/mol. The van der Waals surface area contributed by atoms with E-state index in [0.29, 0.717) is 43.1 Å². The van der Waals surface area contributed by atoms with Crippen molar-refractivity contribution < 1.29 is 13.2 Å². The van der Waals surface area contributed by atoms with Gasteiger partial charge in [-0.25, -0.2) is 9.97 Å². The van der Waals surface area contributed by atoms with Crippen LogP contribution in [0.1, 0.15) is 86.7 Å². The summed E-state index contributed by atoms with van der Waals surface area (Å²) in [5.41, 5.74) is 0.923. The Morgan fingerprint density at radius 3 is 2.52 bits per heavy atom. The van der Waals surface area contributed by atoms with Gasteiger partial charge in [-0.15, -0.1) is 0 Å². The first-order chi connectivity index (χ1) is 13.9. The Morgan fingerprint density at radius 2 is 1.86 bits per heavy atom. The molecule has 1 N–H and O–H groups in total. The Labute approximate surface area is 174 Å². The van der Waals surface area contributed by atoms with Crippen LogP contribution >= 0.6 is 0 Å². The van der Waals surface area contributed by atoms with Crippen LogP contribution < -0.4 is 5.32 Å². The van der Waals surface area contributed by atoms with E-state index < -0.39 is 16.3 Å². The molecule has 0 radical (unpaired) electrons. The van der Waals surface area contributed by atoms with Gasteiger partial charge in [0.25, 0.3) is 16.1 Å². The van der Waals surface area contributed by atoms with E-state index in [0.717, 1.165) is 32.1 Å². The highest BCUT2D eigenvalue weighted by molar-refractivity contribution is 7.86. The second-order valence-corrected chi connectivity index (χ2v) is 9.77. The molecule has 2 fully saturated rings. The fourth-order valence-corrected chi connectivity index (χ4v) is 6.25. The molecule has 1 amide bonds. The summed E-state index contributed by atoms with van der Waals surface area (Å²) in [5.74, 6) is 0.347. The molecule has 162 valence electrons. The summed E-state index contributed by atoms with van der Waals surface area (Å²) < 4.78 is 29.3. The number of carbonyl (C=O) groups excluding carboxylic acids is 1. The van der Waals surface area contributed by atoms with Gasteiger partial charge in [0, 0.05) is 31.9 Å². The van der Waals surface area contributed by atoms with Gasteiger partial charge < -0.3 is 5.32 Å². The first-order valence-corrected chi connectivity index (χ1v) is 12.2. The average Bonchev–Trinajstić information content (AvgIpc) is 3.20. The molecule has 29 heavy (non-hydrogen) atoms. The van der Waals surface area contributed by atoms with Gasteiger partial charge in [-0.2, -0.15) is 17.0 Å². The summed E-state index contributed by atoms with van der Waals surface area (Å²) in [4.78, 5) is 21.8. The van der Waals surface area contributed by atoms with Crippen molar-refractivity contribution in [2.24, 2.45) is 0 Å². The maximum Gasteiger partial charge on any atom is 0.282 e. The molecule has 1 aliphatic heterocycles. The summed E-state index contributed by atoms with van der Waals surface area (Å²) in [5, 5.41) is 3.12. The van der Waals surface area contributed by atoms with E-state index in [1.165, 1.54) is 15.0 Å². The first kappa shape index (κ1) is 22.1. The summed E-state index contributed by atoms with van der Waals surface area (Å²) in [6, 6.07) is -0.265. The third-order valence-corrected chi connectivity index (χ3v) is 8.17. The molecule has 8 nitrogen and oxygen atoms in total. The smallest absolute Gasteiger partial charge is 0.282 e. The van der Waals surface area contributed by atoms with Gasteiger partial charge in [0.05, 0.1) is 17.3 Å². The zero-order valence-corrected chi connectivity index (χ0v) is 18.5. The number of rotatable bonds is 7. The summed E-state index contributed by atoms with van der Waals surface area (Å²) in [7, 11) is -3.61. The van der Waals surface area contributed by atoms with E-state index in [1.807, 2.05) is 13.8 Å². The quantitative estimate of drug-likeness (QED) is 0.727. The van der Waals surface area contributed by atoms with Crippen LogP contribution in [-0.4, -0.2) is 58.6 Å². The standard InChI is InChI=1S/C20H33N5O3S/c1-4-24(5-2)29(27,28)25-13-9-12-18(25)19-17(14-21-15(3)22-19)20(26)23-16-10-7-6-8-11-16/h14,16,18H,4-13H2,1-3H3,(H,23,26). The first-order valence-electron chi connectivity index (χ1n) is 10.8. The van der Waals surface area contributed by atoms with E-state index in [2.05, 4.69) is 15.3 Å². The van der Waals surface area contributed by atoms with E-state index in [9.17, 15) is 13.2 Å². The average molecular weight is 424 g/mol. The molecule has 1 aromatic rings. The number of carbonyl (C=O) groups is 1. The molecule has 1 saturated carbocycles. The highest BCUT2D eigenvalue weighted by atomic mass is 32.2. The van der Waals surface area contributed by atoms with Crippen molar-refractivity contribution in [3.63, 3.8) is 0 Å². The molecule has 2 heterocycles. The van der Waals surface area contributed by atoms with E-state index in [1.54, 1.807) is 13.1 Å². The van der Waals surface area contributed by atoms with Crippen LogP contribution in [0.3, 0.4) is 0 Å². The van der Waals surface area contributed by atoms with E-state index in [4.69, 9.17) is 0 Å². The highest BCUT2D eigenvalue weighted by Crippen LogP contribution is 2.36. The summed E-state index contributed by atoms with van der Waals surface area (Å²) in [6.45, 7) is 6.72. The number of aromatic nitrogens is 2. The lowest BCUT2D eigenvalue weighted by atomic mass is 9.95. The number of hydrogen-bond acceptors (Lipinski definition) is 5. The maximum absolute atomic E-state index is 13.2. The zero-order chi connectivity index (χ0) is 21.0. The fraction of sp³-hybridized carbons (Fsp3) is 0.750. The third-order valence-electron chi connectivity index (χ3n) is 5.97. The van der Waals surface area contributed by atoms with Crippen LogP contribution in [0.25, 0.3) is 0 Å². The Kier molecular flexibility index (Phi) is 7.23. The molecule has 0 spiro atoms. The lowest BCUT2D eigenvalue weighted by Gasteiger charge is -2.30. The number of amides is 1. The molecule has 3 rings (SSSR count). The van der Waals surface area contributed by atoms with Gasteiger partial charge >= 0.3 is 0 Å². The van der Waals surface area contributed by atoms with Gasteiger partial charge in [-0.1, -0.05) is 33.1 Å². The van der Waals surface area contributed by atoms with Gasteiger partial charge in [0.1, 0.15) is 5.82 Å². The van der Waals surface area contributed by atoms with E-state index in [-0.39, 0.29) is 11.9 Å². The van der Waals surface area contributed by atoms with E-state index >= 15 is 0 Å². The molecular weight excluding hydrogens is 390 g/mol. The van der Waals surface area contributed by atoms with Crippen molar-refractivity contribution >= 4 is 16.1 Å². The molecular formula is C20H33N5O3S. The Morgan fingerprint density at radius 1 is 1.17 bits per heavy atom. The molecule has 1 aliphatic carbocycles. The monoisotopic (exact) mass is 423 g/mol. The van der Waals surface area contributed by atoms with Crippen LogP contribution in [0.2, 0.25) is 0 Å². The molecule has 0 aromatic carbocycles.